The van der Waals surface area contributed by atoms with Gasteiger partial charge in [-0.3, -0.25) is 14.9 Å². The van der Waals surface area contributed by atoms with Gasteiger partial charge >= 0.3 is 5.69 Å². The predicted molar refractivity (Wildman–Crippen MR) is 95.6 cm³/mol. The lowest BCUT2D eigenvalue weighted by molar-refractivity contribution is -0.385. The molecule has 7 nitrogen and oxygen atoms in total. The molecule has 2 aromatic rings. The molecule has 1 amide bonds. The van der Waals surface area contributed by atoms with E-state index in [1.165, 1.54) is 31.4 Å². The van der Waals surface area contributed by atoms with Crippen LogP contribution in [0.4, 0.5) is 14.5 Å². The van der Waals surface area contributed by atoms with E-state index in [0.29, 0.717) is 31.5 Å². The summed E-state index contributed by atoms with van der Waals surface area (Å²) in [7, 11) is 1.30. The highest BCUT2D eigenvalue weighted by molar-refractivity contribution is 5.95. The Labute approximate surface area is 159 Å². The minimum atomic E-state index is -0.975. The highest BCUT2D eigenvalue weighted by Gasteiger charge is 2.26. The van der Waals surface area contributed by atoms with Crippen LogP contribution >= 0.6 is 0 Å². The quantitative estimate of drug-likeness (QED) is 0.574. The van der Waals surface area contributed by atoms with Crippen LogP contribution in [-0.4, -0.2) is 42.0 Å². The smallest absolute Gasteiger partial charge is 0.310 e. The Morgan fingerprint density at radius 2 is 1.86 bits per heavy atom. The maximum Gasteiger partial charge on any atom is 0.310 e. The summed E-state index contributed by atoms with van der Waals surface area (Å²) in [4.78, 5) is 24.7. The number of nitro benzene ring substituents is 1. The number of piperidine rings is 1. The Hall–Kier alpha value is -3.23. The molecule has 0 aromatic heterocycles. The molecule has 1 heterocycles. The zero-order valence-corrected chi connectivity index (χ0v) is 15.1. The second-order valence-electron chi connectivity index (χ2n) is 6.33. The summed E-state index contributed by atoms with van der Waals surface area (Å²) in [6, 6.07) is 7.35. The number of carbonyl (C=O) groups is 1. The highest BCUT2D eigenvalue weighted by atomic mass is 19.2. The summed E-state index contributed by atoms with van der Waals surface area (Å²) in [5.41, 5.74) is 0.0834. The maximum atomic E-state index is 13.3. The lowest BCUT2D eigenvalue weighted by Gasteiger charge is -2.32. The first kappa shape index (κ1) is 19.5. The van der Waals surface area contributed by atoms with Crippen LogP contribution in [0.25, 0.3) is 0 Å². The number of likely N-dealkylation sites (tertiary alicyclic amines) is 1. The third-order valence-corrected chi connectivity index (χ3v) is 4.55. The molecule has 2 aromatic carbocycles. The molecular weight excluding hydrogens is 374 g/mol. The first-order valence-electron chi connectivity index (χ1n) is 8.62. The van der Waals surface area contributed by atoms with Crippen molar-refractivity contribution in [3.8, 4) is 11.5 Å². The van der Waals surface area contributed by atoms with Gasteiger partial charge in [0, 0.05) is 49.7 Å². The van der Waals surface area contributed by atoms with Gasteiger partial charge in [0.15, 0.2) is 17.4 Å². The van der Waals surface area contributed by atoms with Gasteiger partial charge in [-0.25, -0.2) is 8.78 Å². The number of hydrogen-bond donors (Lipinski definition) is 0. The normalized spacial score (nSPS) is 14.6. The van der Waals surface area contributed by atoms with Crippen molar-refractivity contribution in [1.29, 1.82) is 0 Å². The van der Waals surface area contributed by atoms with E-state index in [4.69, 9.17) is 9.47 Å². The molecular formula is C19H18F2N2O5. The van der Waals surface area contributed by atoms with Gasteiger partial charge in [-0.15, -0.1) is 0 Å². The lowest BCUT2D eigenvalue weighted by atomic mass is 10.1. The number of benzene rings is 2. The minimum absolute atomic E-state index is 0.0207. The Morgan fingerprint density at radius 3 is 2.46 bits per heavy atom. The molecule has 0 bridgehead atoms. The minimum Gasteiger partial charge on any atom is -0.490 e. The number of rotatable bonds is 5. The van der Waals surface area contributed by atoms with E-state index in [9.17, 15) is 23.7 Å². The van der Waals surface area contributed by atoms with Crippen LogP contribution in [0.15, 0.2) is 36.4 Å². The molecule has 1 aliphatic rings. The van der Waals surface area contributed by atoms with Crippen molar-refractivity contribution >= 4 is 11.6 Å². The summed E-state index contributed by atoms with van der Waals surface area (Å²) in [6.07, 6.45) is 0.823. The second kappa shape index (κ2) is 8.20. The van der Waals surface area contributed by atoms with Crippen LogP contribution in [0, 0.1) is 21.7 Å². The molecule has 148 valence electrons. The van der Waals surface area contributed by atoms with Crippen LogP contribution < -0.4 is 9.47 Å². The van der Waals surface area contributed by atoms with E-state index in [2.05, 4.69) is 0 Å². The summed E-state index contributed by atoms with van der Waals surface area (Å²) < 4.78 is 36.9. The van der Waals surface area contributed by atoms with E-state index in [-0.39, 0.29) is 29.2 Å². The van der Waals surface area contributed by atoms with Crippen molar-refractivity contribution in [3.63, 3.8) is 0 Å². The van der Waals surface area contributed by atoms with Gasteiger partial charge in [0.05, 0.1) is 12.0 Å². The van der Waals surface area contributed by atoms with Gasteiger partial charge in [-0.2, -0.15) is 0 Å². The molecule has 1 aliphatic heterocycles. The van der Waals surface area contributed by atoms with Crippen molar-refractivity contribution in [2.24, 2.45) is 0 Å². The topological polar surface area (TPSA) is 81.9 Å². The third-order valence-electron chi connectivity index (χ3n) is 4.55. The highest BCUT2D eigenvalue weighted by Crippen LogP contribution is 2.29. The molecule has 0 atom stereocenters. The van der Waals surface area contributed by atoms with Crippen molar-refractivity contribution < 1.29 is 28.0 Å². The molecule has 0 saturated carbocycles. The predicted octanol–water partition coefficient (Wildman–Crippen LogP) is 3.57. The van der Waals surface area contributed by atoms with Crippen LogP contribution in [0.2, 0.25) is 0 Å². The molecule has 28 heavy (non-hydrogen) atoms. The zero-order chi connectivity index (χ0) is 20.3. The molecule has 3 rings (SSSR count). The number of methoxy groups -OCH3 is 1. The largest absolute Gasteiger partial charge is 0.490 e. The van der Waals surface area contributed by atoms with E-state index < -0.39 is 16.6 Å². The first-order chi connectivity index (χ1) is 13.4. The number of amides is 1. The average Bonchev–Trinajstić information content (AvgIpc) is 2.70. The summed E-state index contributed by atoms with van der Waals surface area (Å²) >= 11 is 0. The Bertz CT molecular complexity index is 898. The molecule has 0 spiro atoms. The van der Waals surface area contributed by atoms with Gasteiger partial charge in [0.2, 0.25) is 0 Å². The van der Waals surface area contributed by atoms with Gasteiger partial charge < -0.3 is 14.4 Å². The molecule has 9 heteroatoms. The fourth-order valence-corrected chi connectivity index (χ4v) is 3.06. The van der Waals surface area contributed by atoms with Crippen molar-refractivity contribution in [3.05, 3.63) is 63.7 Å². The maximum absolute atomic E-state index is 13.3. The van der Waals surface area contributed by atoms with Crippen LogP contribution in [0.5, 0.6) is 11.5 Å². The van der Waals surface area contributed by atoms with Crippen LogP contribution in [0.3, 0.4) is 0 Å². The Morgan fingerprint density at radius 1 is 1.14 bits per heavy atom. The summed E-state index contributed by atoms with van der Waals surface area (Å²) in [5.74, 6) is -1.92. The number of nitro groups is 1. The second-order valence-corrected chi connectivity index (χ2v) is 6.33. The fourth-order valence-electron chi connectivity index (χ4n) is 3.06. The fraction of sp³-hybridized carbons (Fsp3) is 0.316. The molecule has 1 fully saturated rings. The summed E-state index contributed by atoms with van der Waals surface area (Å²) in [5, 5.41) is 11.0. The van der Waals surface area contributed by atoms with Crippen molar-refractivity contribution in [1.82, 2.24) is 4.90 Å². The van der Waals surface area contributed by atoms with Gasteiger partial charge in [-0.05, 0) is 18.2 Å². The van der Waals surface area contributed by atoms with Crippen LogP contribution in [0.1, 0.15) is 23.2 Å². The number of carbonyl (C=O) groups excluding carboxylic acids is 1. The van der Waals surface area contributed by atoms with E-state index in [1.807, 2.05) is 0 Å². The Kier molecular flexibility index (Phi) is 5.72. The third kappa shape index (κ3) is 4.19. The average molecular weight is 392 g/mol. The van der Waals surface area contributed by atoms with Crippen molar-refractivity contribution in [2.75, 3.05) is 20.2 Å². The standard InChI is InChI=1S/C19H18F2N2O5/c1-27-18-10-12(2-5-17(18)23(25)26)19(24)22-8-6-13(7-9-22)28-14-3-4-15(20)16(21)11-14/h2-5,10-11,13H,6-9H2,1H3. The SMILES string of the molecule is COc1cc(C(=O)N2CCC(Oc3ccc(F)c(F)c3)CC2)ccc1[N+](=O)[O-]. The number of hydrogen-bond acceptors (Lipinski definition) is 5. The monoisotopic (exact) mass is 392 g/mol. The Balaban J connectivity index is 1.62. The molecule has 0 aliphatic carbocycles. The number of ether oxygens (including phenoxy) is 2. The lowest BCUT2D eigenvalue weighted by Crippen LogP contribution is -2.41. The first-order valence-corrected chi connectivity index (χ1v) is 8.62. The number of halogens is 2. The van der Waals surface area contributed by atoms with Crippen LogP contribution in [-0.2, 0) is 0 Å². The molecule has 0 radical (unpaired) electrons. The molecule has 0 N–H and O–H groups in total. The molecule has 1 saturated heterocycles. The van der Waals surface area contributed by atoms with Crippen molar-refractivity contribution in [2.45, 2.75) is 18.9 Å². The van der Waals surface area contributed by atoms with E-state index >= 15 is 0 Å². The van der Waals surface area contributed by atoms with Gasteiger partial charge in [0.25, 0.3) is 5.91 Å². The zero-order valence-electron chi connectivity index (χ0n) is 15.1. The van der Waals surface area contributed by atoms with E-state index in [1.54, 1.807) is 4.90 Å². The van der Waals surface area contributed by atoms with Gasteiger partial charge in [-0.1, -0.05) is 0 Å². The molecule has 0 unspecified atom stereocenters. The van der Waals surface area contributed by atoms with Gasteiger partial charge in [0.1, 0.15) is 11.9 Å². The summed E-state index contributed by atoms with van der Waals surface area (Å²) in [6.45, 7) is 0.818. The van der Waals surface area contributed by atoms with E-state index in [0.717, 1.165) is 12.1 Å². The number of nitrogens with zero attached hydrogens (tertiary/aromatic N) is 2.